The second-order valence-electron chi connectivity index (χ2n) is 2.93. The predicted molar refractivity (Wildman–Crippen MR) is 50.4 cm³/mol. The van der Waals surface area contributed by atoms with Crippen molar-refractivity contribution >= 4 is 21.8 Å². The third-order valence-electron chi connectivity index (χ3n) is 2.03. The summed E-state index contributed by atoms with van der Waals surface area (Å²) in [7, 11) is 1.65. The molecule has 1 unspecified atom stereocenters. The Kier molecular flexibility index (Phi) is 4.01. The Hall–Kier alpha value is -0.0900. The van der Waals surface area contributed by atoms with Crippen molar-refractivity contribution in [2.45, 2.75) is 17.7 Å². The molecule has 1 aliphatic rings. The maximum Gasteiger partial charge on any atom is 0.236 e. The van der Waals surface area contributed by atoms with E-state index in [-0.39, 0.29) is 10.7 Å². The highest BCUT2D eigenvalue weighted by Gasteiger charge is 2.25. The van der Waals surface area contributed by atoms with Gasteiger partial charge in [0.05, 0.1) is 11.4 Å². The van der Waals surface area contributed by atoms with E-state index in [2.05, 4.69) is 15.9 Å². The topological polar surface area (TPSA) is 29.5 Å². The van der Waals surface area contributed by atoms with Crippen LogP contribution in [0.2, 0.25) is 0 Å². The van der Waals surface area contributed by atoms with Gasteiger partial charge in [0.1, 0.15) is 0 Å². The molecule has 1 fully saturated rings. The van der Waals surface area contributed by atoms with Gasteiger partial charge in [0, 0.05) is 20.2 Å². The molecule has 0 aromatic carbocycles. The zero-order valence-electron chi connectivity index (χ0n) is 7.25. The number of methoxy groups -OCH3 is 1. The molecule has 1 rings (SSSR count). The van der Waals surface area contributed by atoms with Crippen molar-refractivity contribution in [3.8, 4) is 0 Å². The average molecular weight is 236 g/mol. The summed E-state index contributed by atoms with van der Waals surface area (Å²) < 4.78 is 4.92. The van der Waals surface area contributed by atoms with Crippen LogP contribution < -0.4 is 0 Å². The Balaban J connectivity index is 2.36. The number of hydrogen-bond acceptors (Lipinski definition) is 2. The molecule has 1 amide bonds. The summed E-state index contributed by atoms with van der Waals surface area (Å²) in [4.78, 5) is 13.3. The van der Waals surface area contributed by atoms with E-state index in [1.165, 1.54) is 0 Å². The van der Waals surface area contributed by atoms with Crippen LogP contribution >= 0.6 is 15.9 Å². The Morgan fingerprint density at radius 3 is 3.17 bits per heavy atom. The molecule has 0 aromatic rings. The molecular weight excluding hydrogens is 222 g/mol. The van der Waals surface area contributed by atoms with Gasteiger partial charge in [-0.1, -0.05) is 15.9 Å². The van der Waals surface area contributed by atoms with E-state index < -0.39 is 0 Å². The lowest BCUT2D eigenvalue weighted by molar-refractivity contribution is -0.133. The van der Waals surface area contributed by atoms with Crippen LogP contribution in [0, 0.1) is 0 Å². The van der Waals surface area contributed by atoms with Crippen LogP contribution in [0.5, 0.6) is 0 Å². The first-order chi connectivity index (χ1) is 5.75. The van der Waals surface area contributed by atoms with Crippen LogP contribution in [0.1, 0.15) is 12.8 Å². The highest BCUT2D eigenvalue weighted by atomic mass is 79.9. The molecule has 0 saturated carbocycles. The Morgan fingerprint density at radius 2 is 2.50 bits per heavy atom. The molecule has 0 spiro atoms. The fourth-order valence-corrected chi connectivity index (χ4v) is 1.93. The highest BCUT2D eigenvalue weighted by Crippen LogP contribution is 2.17. The van der Waals surface area contributed by atoms with Crippen molar-refractivity contribution in [2.24, 2.45) is 0 Å². The summed E-state index contributed by atoms with van der Waals surface area (Å²) in [5.41, 5.74) is 0. The third kappa shape index (κ3) is 2.45. The number of carbonyl (C=O) groups is 1. The number of halogens is 1. The maximum atomic E-state index is 11.5. The molecule has 0 bridgehead atoms. The van der Waals surface area contributed by atoms with Crippen LogP contribution in [-0.4, -0.2) is 42.4 Å². The van der Waals surface area contributed by atoms with Crippen LogP contribution in [0.15, 0.2) is 0 Å². The van der Waals surface area contributed by atoms with Gasteiger partial charge in [-0.2, -0.15) is 0 Å². The first-order valence-electron chi connectivity index (χ1n) is 4.17. The fraction of sp³-hybridized carbons (Fsp3) is 0.875. The van der Waals surface area contributed by atoms with Crippen molar-refractivity contribution in [3.63, 3.8) is 0 Å². The molecule has 0 N–H and O–H groups in total. The number of likely N-dealkylation sites (tertiary alicyclic amines) is 1. The van der Waals surface area contributed by atoms with Gasteiger partial charge in [-0.25, -0.2) is 0 Å². The lowest BCUT2D eigenvalue weighted by Gasteiger charge is -2.29. The molecule has 4 heteroatoms. The van der Waals surface area contributed by atoms with Gasteiger partial charge in [0.15, 0.2) is 0 Å². The van der Waals surface area contributed by atoms with Gasteiger partial charge in [-0.05, 0) is 12.8 Å². The van der Waals surface area contributed by atoms with Gasteiger partial charge in [-0.15, -0.1) is 0 Å². The number of amides is 1. The summed E-state index contributed by atoms with van der Waals surface area (Å²) in [6, 6.07) is 0. The van der Waals surface area contributed by atoms with Crippen molar-refractivity contribution < 1.29 is 9.53 Å². The summed E-state index contributed by atoms with van der Waals surface area (Å²) >= 11 is 3.35. The van der Waals surface area contributed by atoms with E-state index in [0.29, 0.717) is 6.61 Å². The Labute approximate surface area is 81.2 Å². The zero-order chi connectivity index (χ0) is 8.97. The van der Waals surface area contributed by atoms with Gasteiger partial charge < -0.3 is 9.64 Å². The van der Waals surface area contributed by atoms with Crippen molar-refractivity contribution in [1.29, 1.82) is 0 Å². The first-order valence-corrected chi connectivity index (χ1v) is 5.09. The van der Waals surface area contributed by atoms with Crippen LogP contribution in [0.3, 0.4) is 0 Å². The normalized spacial score (nSPS) is 24.7. The van der Waals surface area contributed by atoms with E-state index >= 15 is 0 Å². The molecule has 3 nitrogen and oxygen atoms in total. The Morgan fingerprint density at radius 1 is 1.75 bits per heavy atom. The molecule has 1 aliphatic heterocycles. The lowest BCUT2D eigenvalue weighted by atomic mass is 10.1. The second-order valence-corrected chi connectivity index (χ2v) is 4.03. The maximum absolute atomic E-state index is 11.5. The van der Waals surface area contributed by atoms with Gasteiger partial charge in [0.25, 0.3) is 0 Å². The average Bonchev–Trinajstić information content (AvgIpc) is 2.08. The van der Waals surface area contributed by atoms with Crippen LogP contribution in [0.25, 0.3) is 0 Å². The van der Waals surface area contributed by atoms with E-state index in [1.54, 1.807) is 7.11 Å². The van der Waals surface area contributed by atoms with Crippen molar-refractivity contribution in [2.75, 3.05) is 26.8 Å². The number of rotatable bonds is 3. The second kappa shape index (κ2) is 4.82. The third-order valence-corrected chi connectivity index (χ3v) is 2.88. The molecule has 0 radical (unpaired) electrons. The number of carbonyl (C=O) groups excluding carboxylic acids is 1. The largest absolute Gasteiger partial charge is 0.383 e. The summed E-state index contributed by atoms with van der Waals surface area (Å²) in [6.45, 7) is 2.23. The lowest BCUT2D eigenvalue weighted by Crippen LogP contribution is -2.43. The minimum atomic E-state index is 0.0307. The SMILES string of the molecule is COCCN1CCCC(Br)C1=O. The van der Waals surface area contributed by atoms with Crippen LogP contribution in [0.4, 0.5) is 0 Å². The smallest absolute Gasteiger partial charge is 0.236 e. The highest BCUT2D eigenvalue weighted by molar-refractivity contribution is 9.10. The monoisotopic (exact) mass is 235 g/mol. The van der Waals surface area contributed by atoms with Crippen molar-refractivity contribution in [1.82, 2.24) is 4.90 Å². The Bertz CT molecular complexity index is 163. The van der Waals surface area contributed by atoms with Gasteiger partial charge in [0.2, 0.25) is 5.91 Å². The quantitative estimate of drug-likeness (QED) is 0.684. The standard InChI is InChI=1S/C8H14BrNO2/c1-12-6-5-10-4-2-3-7(9)8(10)11/h7H,2-6H2,1H3. The number of nitrogens with zero attached hydrogens (tertiary/aromatic N) is 1. The van der Waals surface area contributed by atoms with E-state index in [4.69, 9.17) is 4.74 Å². The molecule has 1 heterocycles. The number of alkyl halides is 1. The zero-order valence-corrected chi connectivity index (χ0v) is 8.84. The van der Waals surface area contributed by atoms with E-state index in [1.807, 2.05) is 4.90 Å². The van der Waals surface area contributed by atoms with Crippen molar-refractivity contribution in [3.05, 3.63) is 0 Å². The number of ether oxygens (including phenoxy) is 1. The molecule has 1 atom stereocenters. The summed E-state index contributed by atoms with van der Waals surface area (Å²) in [6.07, 6.45) is 2.05. The molecule has 1 saturated heterocycles. The fourth-order valence-electron chi connectivity index (χ4n) is 1.32. The summed E-state index contributed by atoms with van der Waals surface area (Å²) in [5, 5.41) is 0. The first kappa shape index (κ1) is 9.99. The number of hydrogen-bond donors (Lipinski definition) is 0. The van der Waals surface area contributed by atoms with E-state index in [9.17, 15) is 4.79 Å². The van der Waals surface area contributed by atoms with Crippen LogP contribution in [-0.2, 0) is 9.53 Å². The predicted octanol–water partition coefficient (Wildman–Crippen LogP) is 1.02. The molecule has 0 aliphatic carbocycles. The molecule has 12 heavy (non-hydrogen) atoms. The van der Waals surface area contributed by atoms with Gasteiger partial charge in [-0.3, -0.25) is 4.79 Å². The van der Waals surface area contributed by atoms with E-state index in [0.717, 1.165) is 25.9 Å². The molecular formula is C8H14BrNO2. The minimum absolute atomic E-state index is 0.0307. The van der Waals surface area contributed by atoms with Gasteiger partial charge >= 0.3 is 0 Å². The number of piperidine rings is 1. The molecule has 0 aromatic heterocycles. The molecule has 70 valence electrons. The minimum Gasteiger partial charge on any atom is -0.383 e. The summed E-state index contributed by atoms with van der Waals surface area (Å²) in [5.74, 6) is 0.207.